The van der Waals surface area contributed by atoms with Gasteiger partial charge in [-0.2, -0.15) is 5.10 Å². The standard InChI is InChI=1S/C24H25ClN6O3/c1-15-9-10-28-31(15)18-7-8-19(20(25)11-18)23(33)30-13-16(2)29(24(34)27-12-22(26)32)14-17-5-3-4-6-21(17)30/h3-11,16H,12-14H2,1-2H3,(H2,26,32)(H,27,34)/t16-/m1/s1. The van der Waals surface area contributed by atoms with Gasteiger partial charge in [0, 0.05) is 36.7 Å². The molecule has 4 amide bonds. The van der Waals surface area contributed by atoms with Crippen molar-refractivity contribution in [1.82, 2.24) is 20.0 Å². The van der Waals surface area contributed by atoms with Crippen LogP contribution in [0.2, 0.25) is 5.02 Å². The second-order valence-corrected chi connectivity index (χ2v) is 8.60. The zero-order valence-electron chi connectivity index (χ0n) is 18.9. The maximum Gasteiger partial charge on any atom is 0.318 e. The van der Waals surface area contributed by atoms with Crippen molar-refractivity contribution in [1.29, 1.82) is 0 Å². The topological polar surface area (TPSA) is 114 Å². The van der Waals surface area contributed by atoms with Crippen LogP contribution in [0.1, 0.15) is 28.5 Å². The highest BCUT2D eigenvalue weighted by Crippen LogP contribution is 2.31. The maximum atomic E-state index is 13.7. The molecule has 0 radical (unpaired) electrons. The molecule has 1 aliphatic heterocycles. The third kappa shape index (κ3) is 4.60. The van der Waals surface area contributed by atoms with Gasteiger partial charge in [-0.05, 0) is 49.7 Å². The highest BCUT2D eigenvalue weighted by atomic mass is 35.5. The molecule has 0 saturated heterocycles. The van der Waals surface area contributed by atoms with Gasteiger partial charge in [-0.3, -0.25) is 9.59 Å². The minimum Gasteiger partial charge on any atom is -0.368 e. The Hall–Kier alpha value is -3.85. The molecule has 176 valence electrons. The monoisotopic (exact) mass is 480 g/mol. The fourth-order valence-corrected chi connectivity index (χ4v) is 4.29. The second-order valence-electron chi connectivity index (χ2n) is 8.19. The fourth-order valence-electron chi connectivity index (χ4n) is 4.03. The van der Waals surface area contributed by atoms with Crippen molar-refractivity contribution in [3.05, 3.63) is 76.6 Å². The minimum absolute atomic E-state index is 0.246. The van der Waals surface area contributed by atoms with Crippen LogP contribution in [0.4, 0.5) is 10.5 Å². The molecule has 9 nitrogen and oxygen atoms in total. The summed E-state index contributed by atoms with van der Waals surface area (Å²) >= 11 is 6.56. The van der Waals surface area contributed by atoms with Crippen molar-refractivity contribution >= 4 is 35.1 Å². The van der Waals surface area contributed by atoms with Gasteiger partial charge in [0.15, 0.2) is 0 Å². The number of primary amides is 1. The number of anilines is 1. The third-order valence-electron chi connectivity index (χ3n) is 5.78. The van der Waals surface area contributed by atoms with Crippen LogP contribution < -0.4 is 16.0 Å². The normalized spacial score (nSPS) is 15.4. The molecule has 34 heavy (non-hydrogen) atoms. The van der Waals surface area contributed by atoms with Crippen LogP contribution in [0.5, 0.6) is 0 Å². The lowest BCUT2D eigenvalue weighted by atomic mass is 10.1. The number of nitrogens with two attached hydrogens (primary N) is 1. The first-order chi connectivity index (χ1) is 16.3. The van der Waals surface area contributed by atoms with Crippen LogP contribution in [0.15, 0.2) is 54.7 Å². The van der Waals surface area contributed by atoms with Crippen molar-refractivity contribution < 1.29 is 14.4 Å². The zero-order valence-corrected chi connectivity index (χ0v) is 19.6. The Morgan fingerprint density at radius 3 is 2.62 bits per heavy atom. The van der Waals surface area contributed by atoms with Crippen LogP contribution in [0.25, 0.3) is 5.69 Å². The van der Waals surface area contributed by atoms with Gasteiger partial charge >= 0.3 is 6.03 Å². The van der Waals surface area contributed by atoms with E-state index >= 15 is 0 Å². The molecule has 1 aliphatic rings. The van der Waals surface area contributed by atoms with E-state index in [1.165, 1.54) is 0 Å². The van der Waals surface area contributed by atoms with E-state index in [0.717, 1.165) is 16.9 Å². The van der Waals surface area contributed by atoms with E-state index in [0.29, 0.717) is 16.3 Å². The van der Waals surface area contributed by atoms with Gasteiger partial charge in [0.25, 0.3) is 5.91 Å². The number of halogens is 1. The molecule has 0 saturated carbocycles. The van der Waals surface area contributed by atoms with Crippen LogP contribution in [0, 0.1) is 6.92 Å². The first kappa shape index (κ1) is 23.3. The van der Waals surface area contributed by atoms with Gasteiger partial charge < -0.3 is 20.9 Å². The predicted molar refractivity (Wildman–Crippen MR) is 129 cm³/mol. The number of carbonyl (C=O) groups is 3. The molecular weight excluding hydrogens is 456 g/mol. The number of aromatic nitrogens is 2. The number of fused-ring (bicyclic) bond motifs is 1. The van der Waals surface area contributed by atoms with E-state index in [9.17, 15) is 14.4 Å². The van der Waals surface area contributed by atoms with Gasteiger partial charge in [-0.15, -0.1) is 0 Å². The largest absolute Gasteiger partial charge is 0.368 e. The van der Waals surface area contributed by atoms with E-state index in [1.54, 1.807) is 38.9 Å². The highest BCUT2D eigenvalue weighted by molar-refractivity contribution is 6.34. The lowest BCUT2D eigenvalue weighted by molar-refractivity contribution is -0.117. The molecule has 0 spiro atoms. The Balaban J connectivity index is 1.65. The Bertz CT molecular complexity index is 1260. The smallest absolute Gasteiger partial charge is 0.318 e. The number of hydrogen-bond acceptors (Lipinski definition) is 4. The predicted octanol–water partition coefficient (Wildman–Crippen LogP) is 2.88. The molecule has 0 unspecified atom stereocenters. The van der Waals surface area contributed by atoms with E-state index in [1.807, 2.05) is 44.2 Å². The summed E-state index contributed by atoms with van der Waals surface area (Å²) in [6.45, 7) is 4.04. The number of hydrogen-bond donors (Lipinski definition) is 2. The van der Waals surface area contributed by atoms with Gasteiger partial charge in [-0.25, -0.2) is 9.48 Å². The lowest BCUT2D eigenvalue weighted by Gasteiger charge is -2.29. The number of nitrogens with zero attached hydrogens (tertiary/aromatic N) is 4. The highest BCUT2D eigenvalue weighted by Gasteiger charge is 2.32. The Morgan fingerprint density at radius 2 is 1.94 bits per heavy atom. The Morgan fingerprint density at radius 1 is 1.18 bits per heavy atom. The quantitative estimate of drug-likeness (QED) is 0.597. The average molecular weight is 481 g/mol. The van der Waals surface area contributed by atoms with E-state index < -0.39 is 11.9 Å². The van der Waals surface area contributed by atoms with Crippen LogP contribution in [-0.4, -0.2) is 51.7 Å². The number of rotatable bonds is 4. The van der Waals surface area contributed by atoms with Crippen molar-refractivity contribution in [3.63, 3.8) is 0 Å². The number of para-hydroxylation sites is 1. The number of aryl methyl sites for hydroxylation is 1. The van der Waals surface area contributed by atoms with Crippen molar-refractivity contribution in [2.75, 3.05) is 18.0 Å². The molecule has 4 rings (SSSR count). The molecule has 3 N–H and O–H groups in total. The molecule has 0 fully saturated rings. The summed E-state index contributed by atoms with van der Waals surface area (Å²) in [4.78, 5) is 40.7. The van der Waals surface area contributed by atoms with Crippen LogP contribution >= 0.6 is 11.6 Å². The first-order valence-electron chi connectivity index (χ1n) is 10.8. The molecular formula is C24H25ClN6O3. The molecule has 0 bridgehead atoms. The fraction of sp³-hybridized carbons (Fsp3) is 0.250. The maximum absolute atomic E-state index is 13.7. The zero-order chi connectivity index (χ0) is 24.4. The summed E-state index contributed by atoms with van der Waals surface area (Å²) in [6.07, 6.45) is 1.70. The second kappa shape index (κ2) is 9.56. The summed E-state index contributed by atoms with van der Waals surface area (Å²) in [5.41, 5.74) is 8.71. The summed E-state index contributed by atoms with van der Waals surface area (Å²) in [7, 11) is 0. The molecule has 1 aromatic heterocycles. The van der Waals surface area contributed by atoms with Gasteiger partial charge in [0.2, 0.25) is 5.91 Å². The van der Waals surface area contributed by atoms with Crippen LogP contribution in [-0.2, 0) is 11.3 Å². The summed E-state index contributed by atoms with van der Waals surface area (Å²) < 4.78 is 1.74. The van der Waals surface area contributed by atoms with E-state index in [-0.39, 0.29) is 31.6 Å². The lowest BCUT2D eigenvalue weighted by Crippen LogP contribution is -2.49. The van der Waals surface area contributed by atoms with Crippen LogP contribution in [0.3, 0.4) is 0 Å². The molecule has 10 heteroatoms. The van der Waals surface area contributed by atoms with Gasteiger partial charge in [0.05, 0.1) is 22.8 Å². The Kier molecular flexibility index (Phi) is 6.56. The summed E-state index contributed by atoms with van der Waals surface area (Å²) in [5, 5.41) is 7.12. The van der Waals surface area contributed by atoms with Crippen molar-refractivity contribution in [2.45, 2.75) is 26.4 Å². The van der Waals surface area contributed by atoms with E-state index in [2.05, 4.69) is 10.4 Å². The number of urea groups is 1. The SMILES string of the molecule is Cc1ccnn1-c1ccc(C(=O)N2C[C@@H](C)N(C(=O)NCC(N)=O)Cc3ccccc32)c(Cl)c1. The average Bonchev–Trinajstić information content (AvgIpc) is 3.18. The number of benzene rings is 2. The first-order valence-corrected chi connectivity index (χ1v) is 11.2. The third-order valence-corrected chi connectivity index (χ3v) is 6.09. The minimum atomic E-state index is -0.628. The molecule has 2 aromatic carbocycles. The molecule has 2 heterocycles. The van der Waals surface area contributed by atoms with Crippen molar-refractivity contribution in [3.8, 4) is 5.69 Å². The summed E-state index contributed by atoms with van der Waals surface area (Å²) in [6, 6.07) is 13.7. The molecule has 1 atom stereocenters. The number of nitrogens with one attached hydrogen (secondary N) is 1. The number of amides is 4. The van der Waals surface area contributed by atoms with Crippen molar-refractivity contribution in [2.24, 2.45) is 5.73 Å². The molecule has 0 aliphatic carbocycles. The summed E-state index contributed by atoms with van der Waals surface area (Å²) in [5.74, 6) is -0.899. The Labute approximate surface area is 202 Å². The number of carbonyl (C=O) groups excluding carboxylic acids is 3. The molecule has 3 aromatic rings. The van der Waals surface area contributed by atoms with Gasteiger partial charge in [0.1, 0.15) is 0 Å². The van der Waals surface area contributed by atoms with E-state index in [4.69, 9.17) is 17.3 Å². The van der Waals surface area contributed by atoms with Gasteiger partial charge in [-0.1, -0.05) is 29.8 Å².